The molecule has 0 aliphatic heterocycles. The topological polar surface area (TPSA) is 88.0 Å². The Hall–Kier alpha value is -3.08. The molecule has 1 heterocycles. The fourth-order valence-electron chi connectivity index (χ4n) is 2.30. The summed E-state index contributed by atoms with van der Waals surface area (Å²) in [6.07, 6.45) is 1.43. The number of hydrogen-bond acceptors (Lipinski definition) is 3. The highest BCUT2D eigenvalue weighted by Gasteiger charge is 2.14. The molecule has 0 bridgehead atoms. The van der Waals surface area contributed by atoms with Gasteiger partial charge in [-0.3, -0.25) is 9.59 Å². The fraction of sp³-hybridized carbons (Fsp3) is 0.0588. The maximum atomic E-state index is 12.4. The van der Waals surface area contributed by atoms with Gasteiger partial charge >= 0.3 is 0 Å². The van der Waals surface area contributed by atoms with Gasteiger partial charge < -0.3 is 16.0 Å². The lowest BCUT2D eigenvalue weighted by Gasteiger charge is -2.09. The molecule has 5 nitrogen and oxygen atoms in total. The molecule has 0 spiro atoms. The van der Waals surface area contributed by atoms with Gasteiger partial charge in [-0.15, -0.1) is 0 Å². The minimum absolute atomic E-state index is 0.0699. The number of aromatic amines is 1. The van der Waals surface area contributed by atoms with Gasteiger partial charge in [0.15, 0.2) is 0 Å². The molecule has 4 N–H and O–H groups in total. The molecule has 0 unspecified atom stereocenters. The quantitative estimate of drug-likeness (QED) is 0.635. The minimum Gasteiger partial charge on any atom is -0.399 e. The van der Waals surface area contributed by atoms with Gasteiger partial charge in [-0.05, 0) is 36.8 Å². The van der Waals surface area contributed by atoms with E-state index in [4.69, 9.17) is 5.73 Å². The van der Waals surface area contributed by atoms with Crippen molar-refractivity contribution in [2.45, 2.75) is 6.92 Å². The monoisotopic (exact) mass is 293 g/mol. The standard InChI is InChI=1S/C17H15N3O2/c1-10-6-7-11(18)8-15(10)20-17(22)13-9-19-14-5-3-2-4-12(14)16(13)21/h2-9H,18H2,1H3,(H,19,21)(H,20,22). The number of amides is 1. The molecule has 1 aromatic heterocycles. The Balaban J connectivity index is 2.01. The molecule has 110 valence electrons. The second-order valence-corrected chi connectivity index (χ2v) is 5.11. The first kappa shape index (κ1) is 13.9. The fourth-order valence-corrected chi connectivity index (χ4v) is 2.30. The molecule has 22 heavy (non-hydrogen) atoms. The van der Waals surface area contributed by atoms with Crippen molar-refractivity contribution >= 4 is 28.2 Å². The summed E-state index contributed by atoms with van der Waals surface area (Å²) < 4.78 is 0. The number of rotatable bonds is 2. The number of pyridine rings is 1. The molecule has 5 heteroatoms. The van der Waals surface area contributed by atoms with E-state index in [0.717, 1.165) is 5.56 Å². The summed E-state index contributed by atoms with van der Waals surface area (Å²) >= 11 is 0. The van der Waals surface area contributed by atoms with Crippen molar-refractivity contribution in [1.29, 1.82) is 0 Å². The molecule has 0 aliphatic rings. The predicted octanol–water partition coefficient (Wildman–Crippen LogP) is 2.67. The van der Waals surface area contributed by atoms with Crippen LogP contribution in [0.25, 0.3) is 10.9 Å². The van der Waals surface area contributed by atoms with Crippen LogP contribution in [0, 0.1) is 6.92 Å². The summed E-state index contributed by atoms with van der Waals surface area (Å²) in [5.41, 5.74) is 8.22. The first-order chi connectivity index (χ1) is 10.6. The third-order valence-corrected chi connectivity index (χ3v) is 3.54. The van der Waals surface area contributed by atoms with Crippen LogP contribution in [0.5, 0.6) is 0 Å². The van der Waals surface area contributed by atoms with Crippen molar-refractivity contribution in [1.82, 2.24) is 4.98 Å². The Morgan fingerprint density at radius 2 is 1.95 bits per heavy atom. The van der Waals surface area contributed by atoms with Gasteiger partial charge in [0.05, 0.1) is 0 Å². The van der Waals surface area contributed by atoms with E-state index in [1.807, 2.05) is 19.1 Å². The summed E-state index contributed by atoms with van der Waals surface area (Å²) in [5, 5.41) is 3.22. The second kappa shape index (κ2) is 5.37. The number of nitrogens with one attached hydrogen (secondary N) is 2. The van der Waals surface area contributed by atoms with Crippen molar-refractivity contribution in [3.05, 3.63) is 70.0 Å². The predicted molar refractivity (Wildman–Crippen MR) is 88.1 cm³/mol. The van der Waals surface area contributed by atoms with Crippen LogP contribution in [0.3, 0.4) is 0 Å². The molecule has 0 aliphatic carbocycles. The van der Waals surface area contributed by atoms with Crippen LogP contribution < -0.4 is 16.5 Å². The third-order valence-electron chi connectivity index (χ3n) is 3.54. The van der Waals surface area contributed by atoms with Crippen molar-refractivity contribution in [3.63, 3.8) is 0 Å². The van der Waals surface area contributed by atoms with Crippen molar-refractivity contribution in [2.24, 2.45) is 0 Å². The molecule has 0 saturated carbocycles. The lowest BCUT2D eigenvalue weighted by Crippen LogP contribution is -2.22. The lowest BCUT2D eigenvalue weighted by molar-refractivity contribution is 0.102. The number of para-hydroxylation sites is 1. The zero-order chi connectivity index (χ0) is 15.7. The molecule has 3 aromatic rings. The first-order valence-electron chi connectivity index (χ1n) is 6.84. The largest absolute Gasteiger partial charge is 0.399 e. The van der Waals surface area contributed by atoms with Crippen LogP contribution in [0.4, 0.5) is 11.4 Å². The lowest BCUT2D eigenvalue weighted by atomic mass is 10.1. The van der Waals surface area contributed by atoms with Gasteiger partial charge in [-0.1, -0.05) is 18.2 Å². The number of nitrogens with two attached hydrogens (primary N) is 1. The molecular formula is C17H15N3O2. The smallest absolute Gasteiger partial charge is 0.261 e. The molecule has 0 radical (unpaired) electrons. The summed E-state index contributed by atoms with van der Waals surface area (Å²) in [6.45, 7) is 1.86. The number of fused-ring (bicyclic) bond motifs is 1. The summed E-state index contributed by atoms with van der Waals surface area (Å²) in [4.78, 5) is 27.7. The maximum Gasteiger partial charge on any atom is 0.261 e. The number of aromatic nitrogens is 1. The Bertz CT molecular complexity index is 929. The highest BCUT2D eigenvalue weighted by Crippen LogP contribution is 2.18. The van der Waals surface area contributed by atoms with Crippen LogP contribution in [0.15, 0.2) is 53.5 Å². The minimum atomic E-state index is -0.458. The molecule has 2 aromatic carbocycles. The van der Waals surface area contributed by atoms with Gasteiger partial charge in [-0.25, -0.2) is 0 Å². The summed E-state index contributed by atoms with van der Waals surface area (Å²) in [5.74, 6) is -0.458. The highest BCUT2D eigenvalue weighted by atomic mass is 16.2. The van der Waals surface area contributed by atoms with Crippen molar-refractivity contribution < 1.29 is 4.79 Å². The SMILES string of the molecule is Cc1ccc(N)cc1NC(=O)c1c[nH]c2ccccc2c1=O. The Morgan fingerprint density at radius 1 is 1.18 bits per heavy atom. The van der Waals surface area contributed by atoms with Gasteiger partial charge in [0.2, 0.25) is 5.43 Å². The number of nitrogen functional groups attached to an aromatic ring is 1. The molecule has 0 fully saturated rings. The molecule has 0 saturated heterocycles. The summed E-state index contributed by atoms with van der Waals surface area (Å²) in [7, 11) is 0. The number of H-pyrrole nitrogens is 1. The van der Waals surface area contributed by atoms with Crippen LogP contribution in [-0.4, -0.2) is 10.9 Å². The summed E-state index contributed by atoms with van der Waals surface area (Å²) in [6, 6.07) is 12.3. The van der Waals surface area contributed by atoms with Crippen LogP contribution in [0.2, 0.25) is 0 Å². The van der Waals surface area contributed by atoms with Gasteiger partial charge in [0.1, 0.15) is 5.56 Å². The number of carbonyl (C=O) groups is 1. The average molecular weight is 293 g/mol. The third kappa shape index (κ3) is 2.44. The van der Waals surface area contributed by atoms with Crippen molar-refractivity contribution in [3.8, 4) is 0 Å². The molecular weight excluding hydrogens is 278 g/mol. The van der Waals surface area contributed by atoms with Gasteiger partial charge in [0.25, 0.3) is 5.91 Å². The van der Waals surface area contributed by atoms with E-state index in [9.17, 15) is 9.59 Å². The van der Waals surface area contributed by atoms with Gasteiger partial charge in [0, 0.05) is 28.5 Å². The highest BCUT2D eigenvalue weighted by molar-refractivity contribution is 6.06. The second-order valence-electron chi connectivity index (χ2n) is 5.11. The van der Waals surface area contributed by atoms with E-state index in [1.165, 1.54) is 6.20 Å². The number of hydrogen-bond donors (Lipinski definition) is 3. The zero-order valence-corrected chi connectivity index (χ0v) is 12.0. The van der Waals surface area contributed by atoms with E-state index >= 15 is 0 Å². The molecule has 3 rings (SSSR count). The number of carbonyl (C=O) groups excluding carboxylic acids is 1. The number of benzene rings is 2. The van der Waals surface area contributed by atoms with Gasteiger partial charge in [-0.2, -0.15) is 0 Å². The van der Waals surface area contributed by atoms with Crippen LogP contribution >= 0.6 is 0 Å². The number of anilines is 2. The van der Waals surface area contributed by atoms with E-state index in [0.29, 0.717) is 22.3 Å². The van der Waals surface area contributed by atoms with E-state index in [2.05, 4.69) is 10.3 Å². The Morgan fingerprint density at radius 3 is 2.77 bits per heavy atom. The first-order valence-corrected chi connectivity index (χ1v) is 6.84. The average Bonchev–Trinajstić information content (AvgIpc) is 2.51. The van der Waals surface area contributed by atoms with E-state index < -0.39 is 5.91 Å². The van der Waals surface area contributed by atoms with Crippen LogP contribution in [0.1, 0.15) is 15.9 Å². The van der Waals surface area contributed by atoms with Crippen LogP contribution in [-0.2, 0) is 0 Å². The maximum absolute atomic E-state index is 12.4. The van der Waals surface area contributed by atoms with E-state index in [1.54, 1.807) is 30.3 Å². The molecule has 1 amide bonds. The molecule has 0 atom stereocenters. The zero-order valence-electron chi connectivity index (χ0n) is 12.0. The Labute approximate surface area is 126 Å². The van der Waals surface area contributed by atoms with E-state index in [-0.39, 0.29) is 11.0 Å². The Kier molecular flexibility index (Phi) is 3.39. The normalized spacial score (nSPS) is 10.6. The number of aryl methyl sites for hydroxylation is 1. The van der Waals surface area contributed by atoms with Crippen molar-refractivity contribution in [2.75, 3.05) is 11.1 Å².